The number of rotatable bonds is 5. The van der Waals surface area contributed by atoms with Gasteiger partial charge in [0.2, 0.25) is 0 Å². The van der Waals surface area contributed by atoms with Gasteiger partial charge in [-0.25, -0.2) is 0 Å². The normalized spacial score (nSPS) is 10.2. The molecule has 0 radical (unpaired) electrons. The molecule has 0 aliphatic rings. The molecular weight excluding hydrogens is 326 g/mol. The number of benzene rings is 1. The predicted molar refractivity (Wildman–Crippen MR) is 81.1 cm³/mol. The Kier molecular flexibility index (Phi) is 4.99. The Balaban J connectivity index is 1.81. The second-order valence-corrected chi connectivity index (χ2v) is 6.42. The van der Waals surface area contributed by atoms with Crippen molar-refractivity contribution in [3.63, 3.8) is 0 Å². The summed E-state index contributed by atoms with van der Waals surface area (Å²) in [5.74, 6) is 0.820. The summed E-state index contributed by atoms with van der Waals surface area (Å²) in [7, 11) is 1.65. The lowest BCUT2D eigenvalue weighted by atomic mass is 10.1. The van der Waals surface area contributed by atoms with E-state index in [1.807, 2.05) is 36.4 Å². The summed E-state index contributed by atoms with van der Waals surface area (Å²) < 4.78 is 6.06. The molecule has 1 aromatic heterocycles. The van der Waals surface area contributed by atoms with Crippen molar-refractivity contribution in [1.82, 2.24) is 5.32 Å². The third-order valence-corrected chi connectivity index (χ3v) is 4.28. The van der Waals surface area contributed by atoms with E-state index in [2.05, 4.69) is 21.2 Å². The Morgan fingerprint density at radius 3 is 2.58 bits per heavy atom. The molecule has 1 heterocycles. The largest absolute Gasteiger partial charge is 0.497 e. The second-order valence-electron chi connectivity index (χ2n) is 3.96. The Bertz CT molecular complexity index is 551. The van der Waals surface area contributed by atoms with Crippen molar-refractivity contribution in [1.29, 1.82) is 0 Å². The van der Waals surface area contributed by atoms with Crippen LogP contribution in [0, 0.1) is 0 Å². The lowest BCUT2D eigenvalue weighted by Gasteiger charge is -2.05. The second kappa shape index (κ2) is 6.73. The molecule has 0 atom stereocenters. The molecule has 0 aliphatic carbocycles. The molecule has 19 heavy (non-hydrogen) atoms. The predicted octanol–water partition coefficient (Wildman–Crippen LogP) is 3.49. The average molecular weight is 340 g/mol. The number of amides is 1. The number of thiophene rings is 1. The number of hydrogen-bond acceptors (Lipinski definition) is 3. The van der Waals surface area contributed by atoms with Crippen molar-refractivity contribution in [2.24, 2.45) is 0 Å². The molecule has 0 unspecified atom stereocenters. The quantitative estimate of drug-likeness (QED) is 0.905. The van der Waals surface area contributed by atoms with Crippen LogP contribution in [0.15, 0.2) is 40.2 Å². The molecular formula is C14H14BrNO2S. The Morgan fingerprint density at radius 1 is 1.26 bits per heavy atom. The van der Waals surface area contributed by atoms with Gasteiger partial charge in [0.05, 0.1) is 15.8 Å². The van der Waals surface area contributed by atoms with Gasteiger partial charge in [0.1, 0.15) is 5.75 Å². The van der Waals surface area contributed by atoms with E-state index in [0.29, 0.717) is 6.54 Å². The highest BCUT2D eigenvalue weighted by atomic mass is 79.9. The first-order chi connectivity index (χ1) is 9.19. The number of hydrogen-bond donors (Lipinski definition) is 1. The van der Waals surface area contributed by atoms with Crippen molar-refractivity contribution in [2.45, 2.75) is 6.42 Å². The number of methoxy groups -OCH3 is 1. The van der Waals surface area contributed by atoms with E-state index in [-0.39, 0.29) is 5.91 Å². The zero-order valence-corrected chi connectivity index (χ0v) is 12.9. The molecule has 3 nitrogen and oxygen atoms in total. The SMILES string of the molecule is COc1ccc(CCNC(=O)c2ccc(Br)s2)cc1. The molecule has 1 N–H and O–H groups in total. The van der Waals surface area contributed by atoms with Crippen molar-refractivity contribution in [2.75, 3.05) is 13.7 Å². The lowest BCUT2D eigenvalue weighted by molar-refractivity contribution is 0.0958. The van der Waals surface area contributed by atoms with Crippen LogP contribution in [0.4, 0.5) is 0 Å². The lowest BCUT2D eigenvalue weighted by Crippen LogP contribution is -2.24. The van der Waals surface area contributed by atoms with Gasteiger partial charge in [-0.2, -0.15) is 0 Å². The van der Waals surface area contributed by atoms with Crippen LogP contribution in [0.5, 0.6) is 5.75 Å². The smallest absolute Gasteiger partial charge is 0.261 e. The Morgan fingerprint density at radius 2 is 2.00 bits per heavy atom. The highest BCUT2D eigenvalue weighted by Gasteiger charge is 2.07. The van der Waals surface area contributed by atoms with Gasteiger partial charge in [0.25, 0.3) is 5.91 Å². The first kappa shape index (κ1) is 14.1. The standard InChI is InChI=1S/C14H14BrNO2S/c1-18-11-4-2-10(3-5-11)8-9-16-14(17)12-6-7-13(15)19-12/h2-7H,8-9H2,1H3,(H,16,17). The van der Waals surface area contributed by atoms with E-state index < -0.39 is 0 Å². The fraction of sp³-hybridized carbons (Fsp3) is 0.214. The van der Waals surface area contributed by atoms with E-state index in [9.17, 15) is 4.79 Å². The molecule has 2 rings (SSSR count). The minimum atomic E-state index is -0.0239. The average Bonchev–Trinajstić information content (AvgIpc) is 2.86. The molecule has 0 aliphatic heterocycles. The molecule has 0 bridgehead atoms. The van der Waals surface area contributed by atoms with Crippen molar-refractivity contribution in [3.8, 4) is 5.75 Å². The highest BCUT2D eigenvalue weighted by molar-refractivity contribution is 9.11. The molecule has 1 aromatic carbocycles. The van der Waals surface area contributed by atoms with Crippen molar-refractivity contribution >= 4 is 33.2 Å². The molecule has 1 amide bonds. The topological polar surface area (TPSA) is 38.3 Å². The summed E-state index contributed by atoms with van der Waals surface area (Å²) in [5, 5.41) is 2.91. The van der Waals surface area contributed by atoms with Crippen LogP contribution in [-0.2, 0) is 6.42 Å². The number of halogens is 1. The van der Waals surface area contributed by atoms with Crippen LogP contribution in [0.2, 0.25) is 0 Å². The third kappa shape index (κ3) is 4.08. The van der Waals surface area contributed by atoms with E-state index in [4.69, 9.17) is 4.74 Å². The third-order valence-electron chi connectivity index (χ3n) is 2.66. The maximum atomic E-state index is 11.8. The summed E-state index contributed by atoms with van der Waals surface area (Å²) in [4.78, 5) is 12.5. The van der Waals surface area contributed by atoms with Gasteiger partial charge in [-0.1, -0.05) is 12.1 Å². The zero-order chi connectivity index (χ0) is 13.7. The molecule has 5 heteroatoms. The van der Waals surface area contributed by atoms with Gasteiger partial charge < -0.3 is 10.1 Å². The van der Waals surface area contributed by atoms with E-state index >= 15 is 0 Å². The maximum Gasteiger partial charge on any atom is 0.261 e. The molecule has 0 saturated heterocycles. The summed E-state index contributed by atoms with van der Waals surface area (Å²) in [5.41, 5.74) is 1.17. The Labute approximate surface area is 124 Å². The van der Waals surface area contributed by atoms with Gasteiger partial charge in [-0.3, -0.25) is 4.79 Å². The Hall–Kier alpha value is -1.33. The first-order valence-electron chi connectivity index (χ1n) is 5.85. The van der Waals surface area contributed by atoms with Gasteiger partial charge >= 0.3 is 0 Å². The van der Waals surface area contributed by atoms with Crippen LogP contribution in [0.25, 0.3) is 0 Å². The fourth-order valence-corrected chi connectivity index (χ4v) is 2.94. The summed E-state index contributed by atoms with van der Waals surface area (Å²) in [6, 6.07) is 11.6. The molecule has 0 spiro atoms. The molecule has 0 saturated carbocycles. The van der Waals surface area contributed by atoms with Gasteiger partial charge in [-0.05, 0) is 52.2 Å². The summed E-state index contributed by atoms with van der Waals surface area (Å²) >= 11 is 4.78. The van der Waals surface area contributed by atoms with Gasteiger partial charge in [-0.15, -0.1) is 11.3 Å². The maximum absolute atomic E-state index is 11.8. The summed E-state index contributed by atoms with van der Waals surface area (Å²) in [6.07, 6.45) is 0.808. The zero-order valence-electron chi connectivity index (χ0n) is 10.5. The van der Waals surface area contributed by atoms with E-state index in [1.165, 1.54) is 16.9 Å². The van der Waals surface area contributed by atoms with Gasteiger partial charge in [0.15, 0.2) is 0 Å². The first-order valence-corrected chi connectivity index (χ1v) is 7.46. The van der Waals surface area contributed by atoms with Crippen molar-refractivity contribution < 1.29 is 9.53 Å². The minimum absolute atomic E-state index is 0.0239. The molecule has 100 valence electrons. The molecule has 2 aromatic rings. The minimum Gasteiger partial charge on any atom is -0.497 e. The monoisotopic (exact) mass is 339 g/mol. The van der Waals surface area contributed by atoms with Gasteiger partial charge in [0, 0.05) is 6.54 Å². The van der Waals surface area contributed by atoms with Crippen LogP contribution in [0.1, 0.15) is 15.2 Å². The number of nitrogens with one attached hydrogen (secondary N) is 1. The number of carbonyl (C=O) groups is 1. The van der Waals surface area contributed by atoms with E-state index in [1.54, 1.807) is 7.11 Å². The molecule has 0 fully saturated rings. The summed E-state index contributed by atoms with van der Waals surface area (Å²) in [6.45, 7) is 0.626. The van der Waals surface area contributed by atoms with Crippen molar-refractivity contribution in [3.05, 3.63) is 50.6 Å². The van der Waals surface area contributed by atoms with E-state index in [0.717, 1.165) is 20.8 Å². The van der Waals surface area contributed by atoms with Crippen LogP contribution >= 0.6 is 27.3 Å². The number of ether oxygens (including phenoxy) is 1. The van der Waals surface area contributed by atoms with Crippen LogP contribution < -0.4 is 10.1 Å². The number of carbonyl (C=O) groups excluding carboxylic acids is 1. The fourth-order valence-electron chi connectivity index (χ4n) is 1.64. The van der Waals surface area contributed by atoms with Crippen LogP contribution in [-0.4, -0.2) is 19.6 Å². The van der Waals surface area contributed by atoms with Crippen LogP contribution in [0.3, 0.4) is 0 Å². The highest BCUT2D eigenvalue weighted by Crippen LogP contribution is 2.21.